The van der Waals surface area contributed by atoms with Crippen LogP contribution in [0.15, 0.2) is 24.3 Å². The molecule has 1 aromatic rings. The molecule has 0 aliphatic rings. The molecule has 10 heavy (non-hydrogen) atoms. The monoisotopic (exact) mass is 171 g/mol. The number of halogens is 1. The number of rotatable bonds is 2. The van der Waals surface area contributed by atoms with Gasteiger partial charge in [-0.3, -0.25) is 0 Å². The lowest BCUT2D eigenvalue weighted by molar-refractivity contribution is 0.628. The molecule has 51 valence electrons. The fraction of sp³-hybridized carbons (Fsp3) is 0. The molecule has 0 saturated carbocycles. The van der Waals surface area contributed by atoms with E-state index in [9.17, 15) is 4.39 Å². The minimum Gasteiger partial charge on any atom is -0.207 e. The van der Waals surface area contributed by atoms with Crippen molar-refractivity contribution < 1.29 is 4.39 Å². The molecule has 1 aromatic carbocycles. The molecule has 0 spiro atoms. The number of hydrogen-bond acceptors (Lipinski definition) is 1. The van der Waals surface area contributed by atoms with Gasteiger partial charge in [0.05, 0.1) is 0 Å². The van der Waals surface area contributed by atoms with E-state index >= 15 is 0 Å². The van der Waals surface area contributed by atoms with E-state index < -0.39 is 0 Å². The molecule has 1 radical (unpaired) electrons. The van der Waals surface area contributed by atoms with Crippen LogP contribution in [0.25, 0.3) is 0 Å². The van der Waals surface area contributed by atoms with Gasteiger partial charge < -0.3 is 0 Å². The minimum atomic E-state index is -0.189. The molecule has 0 aliphatic carbocycles. The van der Waals surface area contributed by atoms with Crippen molar-refractivity contribution in [3.8, 4) is 0 Å². The van der Waals surface area contributed by atoms with Gasteiger partial charge in [0.25, 0.3) is 0 Å². The van der Waals surface area contributed by atoms with Crippen LogP contribution in [0.2, 0.25) is 0 Å². The summed E-state index contributed by atoms with van der Waals surface area (Å²) in [5.74, 6) is -0.189. The molecule has 0 N–H and O–H groups in total. The number of hydrogen-bond donors (Lipinski definition) is 0. The Bertz CT molecular complexity index is 201. The van der Waals surface area contributed by atoms with Crippen molar-refractivity contribution in [3.05, 3.63) is 30.1 Å². The van der Waals surface area contributed by atoms with Gasteiger partial charge in [0.1, 0.15) is 5.82 Å². The fourth-order valence-electron chi connectivity index (χ4n) is 0.620. The van der Waals surface area contributed by atoms with E-state index in [4.69, 9.17) is 0 Å². The maximum atomic E-state index is 12.3. The highest BCUT2D eigenvalue weighted by Gasteiger charge is 1.92. The lowest BCUT2D eigenvalue weighted by Gasteiger charge is -1.93. The van der Waals surface area contributed by atoms with E-state index in [1.54, 1.807) is 12.1 Å². The normalized spacial score (nSPS) is 9.40. The molecule has 0 aliphatic heterocycles. The average molecular weight is 171 g/mol. The van der Waals surface area contributed by atoms with Gasteiger partial charge in [-0.15, -0.1) is 0 Å². The van der Waals surface area contributed by atoms with Crippen molar-refractivity contribution in [2.75, 3.05) is 0 Å². The second kappa shape index (κ2) is 4.00. The zero-order valence-electron chi connectivity index (χ0n) is 5.25. The second-order valence-electron chi connectivity index (χ2n) is 1.81. The first-order chi connectivity index (χ1) is 4.83. The van der Waals surface area contributed by atoms with Crippen LogP contribution in [0, 0.1) is 5.82 Å². The second-order valence-corrected chi connectivity index (χ2v) is 3.13. The first-order valence-electron chi connectivity index (χ1n) is 2.77. The molecule has 0 heterocycles. The van der Waals surface area contributed by atoms with E-state index in [-0.39, 0.29) is 5.82 Å². The van der Waals surface area contributed by atoms with Gasteiger partial charge >= 0.3 is 0 Å². The Labute approximate surface area is 66.7 Å². The first-order valence-corrected chi connectivity index (χ1v) is 5.13. The van der Waals surface area contributed by atoms with E-state index in [0.717, 1.165) is 5.46 Å². The molecule has 0 nitrogen and oxygen atoms in total. The summed E-state index contributed by atoms with van der Waals surface area (Å²) in [6.45, 7) is 1.93. The Morgan fingerprint density at radius 2 is 1.90 bits per heavy atom. The van der Waals surface area contributed by atoms with E-state index in [0.29, 0.717) is 0 Å². The van der Waals surface area contributed by atoms with Crippen LogP contribution in [0.1, 0.15) is 0 Å². The van der Waals surface area contributed by atoms with E-state index in [2.05, 4.69) is 8.44 Å². The van der Waals surface area contributed by atoms with Crippen molar-refractivity contribution in [2.24, 2.45) is 0 Å². The smallest absolute Gasteiger partial charge is 0.207 e. The Balaban J connectivity index is 2.69. The van der Waals surface area contributed by atoms with Gasteiger partial charge in [0.15, 0.2) is 0 Å². The third-order valence-electron chi connectivity index (χ3n) is 1.07. The summed E-state index contributed by atoms with van der Waals surface area (Å²) in [6, 6.07) is 6.39. The summed E-state index contributed by atoms with van der Waals surface area (Å²) in [4.78, 5) is 0. The first kappa shape index (κ1) is 8.09. The van der Waals surface area contributed by atoms with E-state index in [1.165, 1.54) is 23.4 Å². The Morgan fingerprint density at radius 1 is 1.30 bits per heavy atom. The van der Waals surface area contributed by atoms with Crippen LogP contribution in [0.3, 0.4) is 0 Å². The number of benzene rings is 1. The molecule has 0 bridgehead atoms. The van der Waals surface area contributed by atoms with Crippen molar-refractivity contribution in [3.63, 3.8) is 0 Å². The van der Waals surface area contributed by atoms with Gasteiger partial charge in [-0.1, -0.05) is 26.0 Å². The zero-order chi connectivity index (χ0) is 7.40. The SMILES string of the molecule is Fc1ccc([B]SP)cc1. The summed E-state index contributed by atoms with van der Waals surface area (Å²) in [5.41, 5.74) is 1.03. The van der Waals surface area contributed by atoms with Crippen molar-refractivity contribution >= 4 is 31.7 Å². The van der Waals surface area contributed by atoms with Crippen LogP contribution < -0.4 is 5.46 Å². The highest BCUT2D eigenvalue weighted by molar-refractivity contribution is 8.58. The quantitative estimate of drug-likeness (QED) is 0.480. The zero-order valence-corrected chi connectivity index (χ0v) is 7.22. The molecular formula is C6H6BFPS. The van der Waals surface area contributed by atoms with Crippen molar-refractivity contribution in [1.82, 2.24) is 0 Å². The summed E-state index contributed by atoms with van der Waals surface area (Å²) in [7, 11) is 2.51. The highest BCUT2D eigenvalue weighted by Crippen LogP contribution is 2.06. The third kappa shape index (κ3) is 2.32. The lowest BCUT2D eigenvalue weighted by Crippen LogP contribution is -2.08. The van der Waals surface area contributed by atoms with Gasteiger partial charge in [-0.2, -0.15) is 11.2 Å². The highest BCUT2D eigenvalue weighted by atomic mass is 32.7. The minimum absolute atomic E-state index is 0.189. The molecule has 0 saturated heterocycles. The van der Waals surface area contributed by atoms with Crippen LogP contribution in [0.5, 0.6) is 0 Å². The molecule has 4 heteroatoms. The maximum absolute atomic E-state index is 12.3. The Morgan fingerprint density at radius 3 is 2.40 bits per heavy atom. The molecule has 1 atom stereocenters. The summed E-state index contributed by atoms with van der Waals surface area (Å²) < 4.78 is 12.3. The average Bonchev–Trinajstić information content (AvgIpc) is 1.95. The Kier molecular flexibility index (Phi) is 3.23. The molecular weight excluding hydrogens is 165 g/mol. The molecule has 0 amide bonds. The largest absolute Gasteiger partial charge is 0.235 e. The molecule has 1 rings (SSSR count). The van der Waals surface area contributed by atoms with Gasteiger partial charge in [-0.25, -0.2) is 4.39 Å². The van der Waals surface area contributed by atoms with Gasteiger partial charge in [-0.05, 0) is 12.1 Å². The lowest BCUT2D eigenvalue weighted by atomic mass is 9.95. The van der Waals surface area contributed by atoms with E-state index in [1.807, 2.05) is 6.56 Å². The van der Waals surface area contributed by atoms with Gasteiger partial charge in [0, 0.05) is 0 Å². The maximum Gasteiger partial charge on any atom is 0.235 e. The predicted molar refractivity (Wildman–Crippen MR) is 49.1 cm³/mol. The van der Waals surface area contributed by atoms with Crippen molar-refractivity contribution in [1.29, 1.82) is 0 Å². The molecule has 1 unspecified atom stereocenters. The summed E-state index contributed by atoms with van der Waals surface area (Å²) in [5, 5.41) is 0. The fourth-order valence-corrected chi connectivity index (χ4v) is 1.41. The van der Waals surface area contributed by atoms with Crippen LogP contribution in [-0.2, 0) is 0 Å². The molecule has 0 aromatic heterocycles. The predicted octanol–water partition coefficient (Wildman–Crippen LogP) is 1.59. The topological polar surface area (TPSA) is 0 Å². The van der Waals surface area contributed by atoms with Crippen LogP contribution in [-0.4, -0.2) is 6.56 Å². The van der Waals surface area contributed by atoms with Gasteiger partial charge in [0.2, 0.25) is 6.56 Å². The standard InChI is InChI=1S/C6H6BFPS/c8-6-3-1-5(2-4-6)7-10-9/h1-4H,9H2. The Hall–Kier alpha value is -0.00506. The summed E-state index contributed by atoms with van der Waals surface area (Å²) >= 11 is 1.53. The van der Waals surface area contributed by atoms with Crippen LogP contribution >= 0.6 is 19.7 Å². The van der Waals surface area contributed by atoms with Crippen molar-refractivity contribution in [2.45, 2.75) is 0 Å². The third-order valence-corrected chi connectivity index (χ3v) is 1.89. The van der Waals surface area contributed by atoms with Crippen LogP contribution in [0.4, 0.5) is 4.39 Å². The molecule has 0 fully saturated rings. The summed E-state index contributed by atoms with van der Waals surface area (Å²) in [6.07, 6.45) is 0.